The molecule has 2 fully saturated rings. The smallest absolute Gasteiger partial charge is 0.171 e. The zero-order valence-corrected chi connectivity index (χ0v) is 14.1. The van der Waals surface area contributed by atoms with Crippen LogP contribution in [0.2, 0.25) is 0 Å². The molecule has 3 rings (SSSR count). The van der Waals surface area contributed by atoms with Gasteiger partial charge in [-0.3, -0.25) is 0 Å². The van der Waals surface area contributed by atoms with E-state index in [1.165, 1.54) is 0 Å². The Balaban J connectivity index is 1.51. The fourth-order valence-corrected chi connectivity index (χ4v) is 3.09. The van der Waals surface area contributed by atoms with E-state index in [4.69, 9.17) is 9.47 Å². The van der Waals surface area contributed by atoms with Crippen molar-refractivity contribution in [2.75, 3.05) is 63.7 Å². The zero-order valence-electron chi connectivity index (χ0n) is 14.1. The van der Waals surface area contributed by atoms with E-state index in [0.717, 1.165) is 57.1 Å². The summed E-state index contributed by atoms with van der Waals surface area (Å²) < 4.78 is 11.6. The predicted octanol–water partition coefficient (Wildman–Crippen LogP) is 1.18. The van der Waals surface area contributed by atoms with Crippen molar-refractivity contribution in [2.24, 2.45) is 0 Å². The second kappa shape index (κ2) is 7.42. The summed E-state index contributed by atoms with van der Waals surface area (Å²) in [6.45, 7) is 5.22. The Kier molecular flexibility index (Phi) is 5.30. The molecule has 0 aliphatic carbocycles. The van der Waals surface area contributed by atoms with Crippen LogP contribution in [-0.2, 0) is 9.47 Å². The van der Waals surface area contributed by atoms with Crippen molar-refractivity contribution in [1.29, 1.82) is 0 Å². The van der Waals surface area contributed by atoms with Gasteiger partial charge < -0.3 is 24.6 Å². The minimum Gasteiger partial charge on any atom is -0.370 e. The van der Waals surface area contributed by atoms with E-state index < -0.39 is 0 Å². The van der Waals surface area contributed by atoms with Crippen LogP contribution >= 0.6 is 0 Å². The van der Waals surface area contributed by atoms with Gasteiger partial charge in [-0.2, -0.15) is 0 Å². The Hall–Kier alpha value is -1.44. The Morgan fingerprint density at radius 3 is 2.65 bits per heavy atom. The SMILES string of the molecule is CN(C)CCCNc1cc(N2CCC3(CC2)OCCO3)ncn1. The van der Waals surface area contributed by atoms with Crippen LogP contribution in [-0.4, -0.2) is 74.1 Å². The Bertz CT molecular complexity index is 495. The molecule has 0 unspecified atom stereocenters. The molecule has 2 aliphatic rings. The Labute approximate surface area is 138 Å². The van der Waals surface area contributed by atoms with Crippen LogP contribution in [0.3, 0.4) is 0 Å². The van der Waals surface area contributed by atoms with E-state index in [2.05, 4.69) is 39.2 Å². The van der Waals surface area contributed by atoms with Gasteiger partial charge in [-0.15, -0.1) is 0 Å². The number of anilines is 2. The third kappa shape index (κ3) is 4.31. The van der Waals surface area contributed by atoms with Gasteiger partial charge in [-0.05, 0) is 27.1 Å². The van der Waals surface area contributed by atoms with Crippen molar-refractivity contribution < 1.29 is 9.47 Å². The van der Waals surface area contributed by atoms with Crippen LogP contribution in [0.25, 0.3) is 0 Å². The van der Waals surface area contributed by atoms with E-state index in [0.29, 0.717) is 13.2 Å². The summed E-state index contributed by atoms with van der Waals surface area (Å²) in [4.78, 5) is 13.2. The maximum atomic E-state index is 5.78. The van der Waals surface area contributed by atoms with Crippen molar-refractivity contribution in [3.05, 3.63) is 12.4 Å². The average molecular weight is 321 g/mol. The van der Waals surface area contributed by atoms with Gasteiger partial charge in [0.25, 0.3) is 0 Å². The zero-order chi connectivity index (χ0) is 16.1. The minimum absolute atomic E-state index is 0.337. The van der Waals surface area contributed by atoms with Crippen molar-refractivity contribution in [2.45, 2.75) is 25.0 Å². The summed E-state index contributed by atoms with van der Waals surface area (Å²) in [6, 6.07) is 2.03. The fourth-order valence-electron chi connectivity index (χ4n) is 3.09. The van der Waals surface area contributed by atoms with Gasteiger partial charge >= 0.3 is 0 Å². The quantitative estimate of drug-likeness (QED) is 0.790. The van der Waals surface area contributed by atoms with E-state index >= 15 is 0 Å². The van der Waals surface area contributed by atoms with Gasteiger partial charge in [0.1, 0.15) is 18.0 Å². The summed E-state index contributed by atoms with van der Waals surface area (Å²) in [5.74, 6) is 1.53. The summed E-state index contributed by atoms with van der Waals surface area (Å²) in [5, 5.41) is 3.37. The van der Waals surface area contributed by atoms with E-state index in [9.17, 15) is 0 Å². The largest absolute Gasteiger partial charge is 0.370 e. The number of nitrogens with one attached hydrogen (secondary N) is 1. The highest BCUT2D eigenvalue weighted by Gasteiger charge is 2.40. The molecular formula is C16H27N5O2. The molecule has 0 radical (unpaired) electrons. The number of nitrogens with zero attached hydrogens (tertiary/aromatic N) is 4. The lowest BCUT2D eigenvalue weighted by atomic mass is 10.0. The summed E-state index contributed by atoms with van der Waals surface area (Å²) in [7, 11) is 4.17. The first-order chi connectivity index (χ1) is 11.2. The molecule has 2 saturated heterocycles. The van der Waals surface area contributed by atoms with Crippen LogP contribution in [0, 0.1) is 0 Å². The number of aromatic nitrogens is 2. The van der Waals surface area contributed by atoms with E-state index in [-0.39, 0.29) is 5.79 Å². The molecule has 1 N–H and O–H groups in total. The molecule has 1 aromatic heterocycles. The number of rotatable bonds is 6. The topological polar surface area (TPSA) is 62.8 Å². The molecule has 128 valence electrons. The minimum atomic E-state index is -0.337. The van der Waals surface area contributed by atoms with Gasteiger partial charge in [0.05, 0.1) is 13.2 Å². The normalized spacial score (nSPS) is 20.4. The van der Waals surface area contributed by atoms with Crippen LogP contribution in [0.5, 0.6) is 0 Å². The fraction of sp³-hybridized carbons (Fsp3) is 0.750. The molecule has 0 aromatic carbocycles. The summed E-state index contributed by atoms with van der Waals surface area (Å²) in [6.07, 6.45) is 4.51. The van der Waals surface area contributed by atoms with E-state index in [1.54, 1.807) is 6.33 Å². The highest BCUT2D eigenvalue weighted by molar-refractivity contribution is 5.48. The van der Waals surface area contributed by atoms with Gasteiger partial charge in [0, 0.05) is 38.5 Å². The molecule has 7 heteroatoms. The Morgan fingerprint density at radius 1 is 1.22 bits per heavy atom. The molecule has 0 bridgehead atoms. The van der Waals surface area contributed by atoms with Gasteiger partial charge in [0.15, 0.2) is 5.79 Å². The standard InChI is InChI=1S/C16H27N5O2/c1-20(2)7-3-6-17-14-12-15(19-13-18-14)21-8-4-16(5-9-21)22-10-11-23-16/h12-13H,3-11H2,1-2H3,(H,17,18,19). The third-order valence-corrected chi connectivity index (χ3v) is 4.40. The lowest BCUT2D eigenvalue weighted by Crippen LogP contribution is -2.45. The van der Waals surface area contributed by atoms with Crippen molar-refractivity contribution in [3.8, 4) is 0 Å². The lowest BCUT2D eigenvalue weighted by molar-refractivity contribution is -0.169. The molecular weight excluding hydrogens is 294 g/mol. The highest BCUT2D eigenvalue weighted by Crippen LogP contribution is 2.32. The molecule has 23 heavy (non-hydrogen) atoms. The Morgan fingerprint density at radius 2 is 1.96 bits per heavy atom. The molecule has 0 saturated carbocycles. The average Bonchev–Trinajstić information content (AvgIpc) is 3.01. The van der Waals surface area contributed by atoms with Crippen LogP contribution in [0.4, 0.5) is 11.6 Å². The molecule has 1 aromatic rings. The van der Waals surface area contributed by atoms with Crippen LogP contribution in [0.1, 0.15) is 19.3 Å². The summed E-state index contributed by atoms with van der Waals surface area (Å²) in [5.41, 5.74) is 0. The molecule has 2 aliphatic heterocycles. The lowest BCUT2D eigenvalue weighted by Gasteiger charge is -2.38. The summed E-state index contributed by atoms with van der Waals surface area (Å²) >= 11 is 0. The molecule has 0 atom stereocenters. The number of hydrogen-bond acceptors (Lipinski definition) is 7. The van der Waals surface area contributed by atoms with Gasteiger partial charge in [-0.25, -0.2) is 9.97 Å². The van der Waals surface area contributed by atoms with E-state index in [1.807, 2.05) is 6.07 Å². The predicted molar refractivity (Wildman–Crippen MR) is 89.8 cm³/mol. The van der Waals surface area contributed by atoms with Crippen molar-refractivity contribution in [3.63, 3.8) is 0 Å². The first kappa shape index (κ1) is 16.4. The molecule has 7 nitrogen and oxygen atoms in total. The third-order valence-electron chi connectivity index (χ3n) is 4.40. The maximum Gasteiger partial charge on any atom is 0.171 e. The van der Waals surface area contributed by atoms with Crippen LogP contribution in [0.15, 0.2) is 12.4 Å². The molecule has 0 amide bonds. The second-order valence-corrected chi connectivity index (χ2v) is 6.44. The van der Waals surface area contributed by atoms with Gasteiger partial charge in [0.2, 0.25) is 0 Å². The highest BCUT2D eigenvalue weighted by atomic mass is 16.7. The number of piperidine rings is 1. The van der Waals surface area contributed by atoms with Gasteiger partial charge in [-0.1, -0.05) is 0 Å². The first-order valence-corrected chi connectivity index (χ1v) is 8.40. The number of ether oxygens (including phenoxy) is 2. The monoisotopic (exact) mass is 321 g/mol. The van der Waals surface area contributed by atoms with Crippen molar-refractivity contribution in [1.82, 2.24) is 14.9 Å². The molecule has 1 spiro atoms. The second-order valence-electron chi connectivity index (χ2n) is 6.44. The van der Waals surface area contributed by atoms with Crippen molar-refractivity contribution >= 4 is 11.6 Å². The first-order valence-electron chi connectivity index (χ1n) is 8.40. The maximum absolute atomic E-state index is 5.78. The van der Waals surface area contributed by atoms with Crippen LogP contribution < -0.4 is 10.2 Å². The number of hydrogen-bond donors (Lipinski definition) is 1. The molecule has 3 heterocycles.